The standard InChI is InChI=1S/C20H20N4O3/c1-2-26-16-7-5-14(6-8-16)12-18(25)24-11-9-17(24)20-22-19(23-27-20)15-4-3-10-21-13-15/h3-8,10,13,17H,2,9,11-12H2,1H3/t17-/m1/s1. The van der Waals surface area contributed by atoms with Crippen molar-refractivity contribution in [1.82, 2.24) is 20.0 Å². The molecule has 1 fully saturated rings. The van der Waals surface area contributed by atoms with E-state index < -0.39 is 0 Å². The fraction of sp³-hybridized carbons (Fsp3) is 0.300. The number of ether oxygens (including phenoxy) is 1. The van der Waals surface area contributed by atoms with Crippen molar-refractivity contribution < 1.29 is 14.1 Å². The molecular formula is C20H20N4O3. The molecule has 4 rings (SSSR count). The molecule has 1 aromatic carbocycles. The maximum Gasteiger partial charge on any atom is 0.249 e. The second-order valence-electron chi connectivity index (χ2n) is 6.34. The predicted octanol–water partition coefficient (Wildman–Crippen LogP) is 3.05. The van der Waals surface area contributed by atoms with Crippen LogP contribution in [0.2, 0.25) is 0 Å². The van der Waals surface area contributed by atoms with Gasteiger partial charge in [-0.2, -0.15) is 4.98 Å². The SMILES string of the molecule is CCOc1ccc(CC(=O)N2CC[C@@H]2c2nc(-c3cccnc3)no2)cc1. The first-order valence-corrected chi connectivity index (χ1v) is 9.00. The highest BCUT2D eigenvalue weighted by atomic mass is 16.5. The lowest BCUT2D eigenvalue weighted by atomic mass is 10.0. The van der Waals surface area contributed by atoms with Crippen LogP contribution in [0.1, 0.15) is 30.8 Å². The van der Waals surface area contributed by atoms with Crippen LogP contribution in [0.3, 0.4) is 0 Å². The van der Waals surface area contributed by atoms with Crippen LogP contribution in [0.5, 0.6) is 5.75 Å². The van der Waals surface area contributed by atoms with Gasteiger partial charge in [-0.05, 0) is 43.2 Å². The third-order valence-electron chi connectivity index (χ3n) is 4.58. The molecule has 1 amide bonds. The third-order valence-corrected chi connectivity index (χ3v) is 4.58. The summed E-state index contributed by atoms with van der Waals surface area (Å²) in [6, 6.07) is 11.2. The number of pyridine rings is 1. The van der Waals surface area contributed by atoms with E-state index >= 15 is 0 Å². The Balaban J connectivity index is 1.41. The molecule has 138 valence electrons. The van der Waals surface area contributed by atoms with Crippen LogP contribution in [0, 0.1) is 0 Å². The van der Waals surface area contributed by atoms with Gasteiger partial charge in [-0.15, -0.1) is 0 Å². The van der Waals surface area contributed by atoms with Gasteiger partial charge >= 0.3 is 0 Å². The van der Waals surface area contributed by atoms with Gasteiger partial charge in [-0.1, -0.05) is 17.3 Å². The topological polar surface area (TPSA) is 81.4 Å². The molecule has 1 atom stereocenters. The zero-order chi connectivity index (χ0) is 18.6. The normalized spacial score (nSPS) is 16.0. The van der Waals surface area contributed by atoms with Gasteiger partial charge in [0.2, 0.25) is 17.6 Å². The van der Waals surface area contributed by atoms with Crippen LogP contribution in [-0.2, 0) is 11.2 Å². The maximum atomic E-state index is 12.7. The smallest absolute Gasteiger partial charge is 0.249 e. The molecule has 0 radical (unpaired) electrons. The number of rotatable bonds is 6. The minimum atomic E-state index is -0.155. The predicted molar refractivity (Wildman–Crippen MR) is 97.9 cm³/mol. The molecule has 0 spiro atoms. The molecule has 2 aromatic heterocycles. The summed E-state index contributed by atoms with van der Waals surface area (Å²) < 4.78 is 10.8. The van der Waals surface area contributed by atoms with Gasteiger partial charge in [0, 0.05) is 24.5 Å². The van der Waals surface area contributed by atoms with E-state index in [1.165, 1.54) is 0 Å². The van der Waals surface area contributed by atoms with Gasteiger partial charge < -0.3 is 14.2 Å². The monoisotopic (exact) mass is 364 g/mol. The van der Waals surface area contributed by atoms with Crippen LogP contribution in [0.4, 0.5) is 0 Å². The van der Waals surface area contributed by atoms with E-state index in [0.717, 1.165) is 23.3 Å². The van der Waals surface area contributed by atoms with Gasteiger partial charge in [0.15, 0.2) is 0 Å². The van der Waals surface area contributed by atoms with Crippen molar-refractivity contribution in [3.63, 3.8) is 0 Å². The van der Waals surface area contributed by atoms with Gasteiger partial charge in [0.1, 0.15) is 11.8 Å². The van der Waals surface area contributed by atoms with Crippen LogP contribution < -0.4 is 4.74 Å². The van der Waals surface area contributed by atoms with Crippen molar-refractivity contribution in [3.8, 4) is 17.1 Å². The molecular weight excluding hydrogens is 344 g/mol. The Bertz CT molecular complexity index is 908. The highest BCUT2D eigenvalue weighted by molar-refractivity contribution is 5.80. The average Bonchev–Trinajstić information content (AvgIpc) is 3.13. The zero-order valence-electron chi connectivity index (χ0n) is 15.0. The number of carbonyl (C=O) groups is 1. The number of carbonyl (C=O) groups excluding carboxylic acids is 1. The molecule has 0 bridgehead atoms. The van der Waals surface area contributed by atoms with Gasteiger partial charge in [0.25, 0.3) is 0 Å². The number of aromatic nitrogens is 3. The average molecular weight is 364 g/mol. The highest BCUT2D eigenvalue weighted by Gasteiger charge is 2.37. The molecule has 27 heavy (non-hydrogen) atoms. The summed E-state index contributed by atoms with van der Waals surface area (Å²) in [5, 5.41) is 4.02. The molecule has 1 aliphatic heterocycles. The molecule has 1 saturated heterocycles. The van der Waals surface area contributed by atoms with E-state index in [2.05, 4.69) is 15.1 Å². The Morgan fingerprint density at radius 1 is 1.30 bits per heavy atom. The largest absolute Gasteiger partial charge is 0.494 e. The minimum absolute atomic E-state index is 0.0523. The summed E-state index contributed by atoms with van der Waals surface area (Å²) in [5.41, 5.74) is 1.75. The Kier molecular flexibility index (Phi) is 4.82. The minimum Gasteiger partial charge on any atom is -0.494 e. The van der Waals surface area contributed by atoms with E-state index in [1.807, 2.05) is 43.3 Å². The first-order valence-electron chi connectivity index (χ1n) is 9.00. The number of nitrogens with zero attached hydrogens (tertiary/aromatic N) is 4. The first-order chi connectivity index (χ1) is 13.2. The first kappa shape index (κ1) is 17.2. The Hall–Kier alpha value is -3.22. The Morgan fingerprint density at radius 3 is 2.81 bits per heavy atom. The Morgan fingerprint density at radius 2 is 2.15 bits per heavy atom. The van der Waals surface area contributed by atoms with Gasteiger partial charge in [-0.3, -0.25) is 9.78 Å². The van der Waals surface area contributed by atoms with Crippen LogP contribution in [-0.4, -0.2) is 39.1 Å². The molecule has 1 aliphatic rings. The van der Waals surface area contributed by atoms with Crippen molar-refractivity contribution in [2.45, 2.75) is 25.8 Å². The lowest BCUT2D eigenvalue weighted by Gasteiger charge is -2.38. The maximum absolute atomic E-state index is 12.7. The second-order valence-corrected chi connectivity index (χ2v) is 6.34. The van der Waals surface area contributed by atoms with E-state index in [0.29, 0.717) is 31.3 Å². The number of hydrogen-bond acceptors (Lipinski definition) is 6. The molecule has 3 heterocycles. The summed E-state index contributed by atoms with van der Waals surface area (Å²) in [5.74, 6) is 1.82. The zero-order valence-corrected chi connectivity index (χ0v) is 15.0. The summed E-state index contributed by atoms with van der Waals surface area (Å²) >= 11 is 0. The van der Waals surface area contributed by atoms with Crippen molar-refractivity contribution in [3.05, 3.63) is 60.2 Å². The van der Waals surface area contributed by atoms with Crippen LogP contribution >= 0.6 is 0 Å². The van der Waals surface area contributed by atoms with Gasteiger partial charge in [0.05, 0.1) is 13.0 Å². The van der Waals surface area contributed by atoms with Crippen molar-refractivity contribution >= 4 is 5.91 Å². The summed E-state index contributed by atoms with van der Waals surface area (Å²) in [4.78, 5) is 23.0. The van der Waals surface area contributed by atoms with E-state index in [4.69, 9.17) is 9.26 Å². The number of benzene rings is 1. The summed E-state index contributed by atoms with van der Waals surface area (Å²) in [6.45, 7) is 3.27. The number of amides is 1. The van der Waals surface area contributed by atoms with Crippen molar-refractivity contribution in [1.29, 1.82) is 0 Å². The number of likely N-dealkylation sites (tertiary alicyclic amines) is 1. The molecule has 0 saturated carbocycles. The summed E-state index contributed by atoms with van der Waals surface area (Å²) in [6.07, 6.45) is 4.54. The molecule has 7 heteroatoms. The van der Waals surface area contributed by atoms with Crippen LogP contribution in [0.25, 0.3) is 11.4 Å². The Labute approximate surface area is 157 Å². The molecule has 0 N–H and O–H groups in total. The van der Waals surface area contributed by atoms with Crippen molar-refractivity contribution in [2.24, 2.45) is 0 Å². The van der Waals surface area contributed by atoms with Gasteiger partial charge in [-0.25, -0.2) is 0 Å². The van der Waals surface area contributed by atoms with Crippen molar-refractivity contribution in [2.75, 3.05) is 13.2 Å². The quantitative estimate of drug-likeness (QED) is 0.669. The molecule has 0 unspecified atom stereocenters. The van der Waals surface area contributed by atoms with Crippen LogP contribution in [0.15, 0.2) is 53.3 Å². The lowest BCUT2D eigenvalue weighted by Crippen LogP contribution is -2.46. The summed E-state index contributed by atoms with van der Waals surface area (Å²) in [7, 11) is 0. The fourth-order valence-corrected chi connectivity index (χ4v) is 3.07. The highest BCUT2D eigenvalue weighted by Crippen LogP contribution is 2.33. The molecule has 7 nitrogen and oxygen atoms in total. The fourth-order valence-electron chi connectivity index (χ4n) is 3.07. The molecule has 3 aromatic rings. The second kappa shape index (κ2) is 7.57. The molecule has 0 aliphatic carbocycles. The lowest BCUT2D eigenvalue weighted by molar-refractivity contribution is -0.139. The van der Waals surface area contributed by atoms with E-state index in [1.54, 1.807) is 17.3 Å². The van der Waals surface area contributed by atoms with E-state index in [9.17, 15) is 4.79 Å². The van der Waals surface area contributed by atoms with E-state index in [-0.39, 0.29) is 11.9 Å². The number of hydrogen-bond donors (Lipinski definition) is 0. The third kappa shape index (κ3) is 3.67.